The quantitative estimate of drug-likeness (QED) is 0.617. The highest BCUT2D eigenvalue weighted by Crippen LogP contribution is 2.21. The van der Waals surface area contributed by atoms with E-state index in [9.17, 15) is 0 Å². The molecular weight excluding hydrogens is 172 g/mol. The van der Waals surface area contributed by atoms with Crippen LogP contribution in [0.25, 0.3) is 11.3 Å². The number of furan rings is 1. The molecule has 0 atom stereocenters. The summed E-state index contributed by atoms with van der Waals surface area (Å²) in [7, 11) is 0. The highest BCUT2D eigenvalue weighted by atomic mass is 16.3. The van der Waals surface area contributed by atoms with Crippen LogP contribution in [0.1, 0.15) is 11.3 Å². The van der Waals surface area contributed by atoms with Gasteiger partial charge in [-0.15, -0.1) is 6.42 Å². The summed E-state index contributed by atoms with van der Waals surface area (Å²) in [5, 5.41) is 0. The molecule has 0 radical (unpaired) electrons. The maximum Gasteiger partial charge on any atom is 0.134 e. The Morgan fingerprint density at radius 3 is 2.29 bits per heavy atom. The van der Waals surface area contributed by atoms with Crippen LogP contribution < -0.4 is 0 Å². The molecule has 0 saturated carbocycles. The average molecular weight is 182 g/mol. The van der Waals surface area contributed by atoms with Gasteiger partial charge in [0.15, 0.2) is 0 Å². The molecular formula is C13H10O. The van der Waals surface area contributed by atoms with E-state index in [1.807, 2.05) is 43.3 Å². The standard InChI is InChI=1S/C13H10O/c1-3-11-5-7-12(8-6-11)13-9-4-10(2)14-13/h1,4-9H,2H3. The minimum absolute atomic E-state index is 0.881. The third kappa shape index (κ3) is 1.55. The van der Waals surface area contributed by atoms with Crippen LogP contribution in [0.3, 0.4) is 0 Å². The molecule has 2 rings (SSSR count). The van der Waals surface area contributed by atoms with Gasteiger partial charge in [0.2, 0.25) is 0 Å². The normalized spacial score (nSPS) is 9.71. The topological polar surface area (TPSA) is 13.1 Å². The third-order valence-corrected chi connectivity index (χ3v) is 2.08. The fourth-order valence-corrected chi connectivity index (χ4v) is 1.32. The molecule has 68 valence electrons. The Bertz CT molecular complexity index is 469. The Labute approximate surface area is 83.4 Å². The van der Waals surface area contributed by atoms with Gasteiger partial charge < -0.3 is 4.42 Å². The van der Waals surface area contributed by atoms with Crippen LogP contribution in [0.2, 0.25) is 0 Å². The second kappa shape index (κ2) is 3.43. The molecule has 1 aromatic carbocycles. The lowest BCUT2D eigenvalue weighted by atomic mass is 10.1. The molecule has 2 aromatic rings. The van der Waals surface area contributed by atoms with Gasteiger partial charge in [0.05, 0.1) is 0 Å². The lowest BCUT2D eigenvalue weighted by molar-refractivity contribution is 0.548. The van der Waals surface area contributed by atoms with E-state index in [2.05, 4.69) is 5.92 Å². The minimum Gasteiger partial charge on any atom is -0.461 e. The largest absolute Gasteiger partial charge is 0.461 e. The van der Waals surface area contributed by atoms with Crippen LogP contribution in [0.15, 0.2) is 40.8 Å². The fourth-order valence-electron chi connectivity index (χ4n) is 1.32. The summed E-state index contributed by atoms with van der Waals surface area (Å²) in [6.45, 7) is 1.93. The number of hydrogen-bond donors (Lipinski definition) is 0. The smallest absolute Gasteiger partial charge is 0.134 e. The van der Waals surface area contributed by atoms with Gasteiger partial charge in [-0.1, -0.05) is 18.1 Å². The van der Waals surface area contributed by atoms with Crippen molar-refractivity contribution in [3.63, 3.8) is 0 Å². The first-order valence-corrected chi connectivity index (χ1v) is 4.43. The molecule has 0 unspecified atom stereocenters. The molecule has 0 fully saturated rings. The van der Waals surface area contributed by atoms with Crippen molar-refractivity contribution in [2.75, 3.05) is 0 Å². The number of terminal acetylenes is 1. The Morgan fingerprint density at radius 2 is 1.79 bits per heavy atom. The van der Waals surface area contributed by atoms with Crippen LogP contribution in [-0.4, -0.2) is 0 Å². The zero-order chi connectivity index (χ0) is 9.97. The van der Waals surface area contributed by atoms with Crippen LogP contribution >= 0.6 is 0 Å². The molecule has 0 amide bonds. The van der Waals surface area contributed by atoms with Crippen LogP contribution in [-0.2, 0) is 0 Å². The molecule has 14 heavy (non-hydrogen) atoms. The Hall–Kier alpha value is -1.94. The van der Waals surface area contributed by atoms with E-state index in [-0.39, 0.29) is 0 Å². The first kappa shape index (κ1) is 8.65. The molecule has 0 spiro atoms. The lowest BCUT2D eigenvalue weighted by Gasteiger charge is -1.96. The van der Waals surface area contributed by atoms with Crippen molar-refractivity contribution in [2.45, 2.75) is 6.92 Å². The molecule has 0 N–H and O–H groups in total. The van der Waals surface area contributed by atoms with Gasteiger partial charge in [-0.05, 0) is 31.2 Å². The van der Waals surface area contributed by atoms with E-state index in [0.29, 0.717) is 0 Å². The summed E-state index contributed by atoms with van der Waals surface area (Å²) in [5.74, 6) is 4.38. The minimum atomic E-state index is 0.881. The number of benzene rings is 1. The van der Waals surface area contributed by atoms with Gasteiger partial charge in [-0.2, -0.15) is 0 Å². The van der Waals surface area contributed by atoms with E-state index in [4.69, 9.17) is 10.8 Å². The average Bonchev–Trinajstić information content (AvgIpc) is 2.65. The molecule has 0 aliphatic carbocycles. The van der Waals surface area contributed by atoms with Gasteiger partial charge in [-0.3, -0.25) is 0 Å². The molecule has 1 heterocycles. The van der Waals surface area contributed by atoms with Crippen molar-refractivity contribution in [3.05, 3.63) is 47.7 Å². The molecule has 1 nitrogen and oxygen atoms in total. The molecule has 0 aliphatic rings. The number of rotatable bonds is 1. The van der Waals surface area contributed by atoms with Gasteiger partial charge in [-0.25, -0.2) is 0 Å². The van der Waals surface area contributed by atoms with Crippen molar-refractivity contribution in [1.82, 2.24) is 0 Å². The highest BCUT2D eigenvalue weighted by Gasteiger charge is 2.01. The van der Waals surface area contributed by atoms with Crippen molar-refractivity contribution in [1.29, 1.82) is 0 Å². The van der Waals surface area contributed by atoms with Gasteiger partial charge in [0.25, 0.3) is 0 Å². The molecule has 0 saturated heterocycles. The van der Waals surface area contributed by atoms with Crippen molar-refractivity contribution in [3.8, 4) is 23.7 Å². The van der Waals surface area contributed by atoms with Crippen molar-refractivity contribution in [2.24, 2.45) is 0 Å². The predicted molar refractivity (Wildman–Crippen MR) is 56.8 cm³/mol. The first-order valence-electron chi connectivity index (χ1n) is 4.43. The van der Waals surface area contributed by atoms with Gasteiger partial charge >= 0.3 is 0 Å². The zero-order valence-electron chi connectivity index (χ0n) is 7.95. The number of aryl methyl sites for hydroxylation is 1. The summed E-state index contributed by atoms with van der Waals surface area (Å²) < 4.78 is 5.49. The fraction of sp³-hybridized carbons (Fsp3) is 0.0769. The second-order valence-corrected chi connectivity index (χ2v) is 3.13. The van der Waals surface area contributed by atoms with Gasteiger partial charge in [0.1, 0.15) is 11.5 Å². The Kier molecular flexibility index (Phi) is 2.12. The summed E-state index contributed by atoms with van der Waals surface area (Å²) >= 11 is 0. The summed E-state index contributed by atoms with van der Waals surface area (Å²) in [5.41, 5.74) is 1.94. The summed E-state index contributed by atoms with van der Waals surface area (Å²) in [6.07, 6.45) is 5.27. The van der Waals surface area contributed by atoms with E-state index in [1.54, 1.807) is 0 Å². The van der Waals surface area contributed by atoms with Crippen LogP contribution in [0, 0.1) is 19.3 Å². The highest BCUT2D eigenvalue weighted by molar-refractivity contribution is 5.58. The monoisotopic (exact) mass is 182 g/mol. The molecule has 0 bridgehead atoms. The Balaban J connectivity index is 2.39. The van der Waals surface area contributed by atoms with E-state index in [1.165, 1.54) is 0 Å². The zero-order valence-corrected chi connectivity index (χ0v) is 7.95. The predicted octanol–water partition coefficient (Wildman–Crippen LogP) is 3.24. The summed E-state index contributed by atoms with van der Waals surface area (Å²) in [4.78, 5) is 0. The lowest BCUT2D eigenvalue weighted by Crippen LogP contribution is -1.75. The van der Waals surface area contributed by atoms with Crippen LogP contribution in [0.4, 0.5) is 0 Å². The van der Waals surface area contributed by atoms with Crippen molar-refractivity contribution >= 4 is 0 Å². The first-order chi connectivity index (χ1) is 6.79. The van der Waals surface area contributed by atoms with Gasteiger partial charge in [0, 0.05) is 11.1 Å². The second-order valence-electron chi connectivity index (χ2n) is 3.13. The maximum atomic E-state index is 5.49. The van der Waals surface area contributed by atoms with E-state index in [0.717, 1.165) is 22.6 Å². The maximum absolute atomic E-state index is 5.49. The molecule has 0 aliphatic heterocycles. The molecule has 1 aromatic heterocycles. The molecule has 1 heteroatoms. The SMILES string of the molecule is C#Cc1ccc(-c2ccc(C)o2)cc1. The third-order valence-electron chi connectivity index (χ3n) is 2.08. The Morgan fingerprint density at radius 1 is 1.07 bits per heavy atom. The van der Waals surface area contributed by atoms with E-state index < -0.39 is 0 Å². The van der Waals surface area contributed by atoms with E-state index >= 15 is 0 Å². The van der Waals surface area contributed by atoms with Crippen molar-refractivity contribution < 1.29 is 4.42 Å². The summed E-state index contributed by atoms with van der Waals surface area (Å²) in [6, 6.07) is 11.7. The van der Waals surface area contributed by atoms with Crippen LogP contribution in [0.5, 0.6) is 0 Å². The number of hydrogen-bond acceptors (Lipinski definition) is 1.